The minimum absolute atomic E-state index is 0.526. The third kappa shape index (κ3) is 1.98. The number of hydrogen-bond donors (Lipinski definition) is 1. The van der Waals surface area contributed by atoms with Crippen molar-refractivity contribution in [1.29, 1.82) is 5.26 Å². The number of rotatable bonds is 2. The van der Waals surface area contributed by atoms with Crippen LogP contribution < -0.4 is 5.32 Å². The van der Waals surface area contributed by atoms with Gasteiger partial charge in [-0.1, -0.05) is 0 Å². The molecule has 0 amide bonds. The van der Waals surface area contributed by atoms with Crippen LogP contribution in [-0.2, 0) is 0 Å². The van der Waals surface area contributed by atoms with Crippen LogP contribution in [0.2, 0.25) is 0 Å². The van der Waals surface area contributed by atoms with Gasteiger partial charge in [0.1, 0.15) is 11.9 Å². The number of anilines is 1. The zero-order valence-electron chi connectivity index (χ0n) is 9.76. The zero-order chi connectivity index (χ0) is 11.7. The quantitative estimate of drug-likeness (QED) is 0.835. The lowest BCUT2D eigenvalue weighted by molar-refractivity contribution is 0.318. The van der Waals surface area contributed by atoms with Crippen LogP contribution in [0.25, 0.3) is 0 Å². The lowest BCUT2D eigenvalue weighted by Gasteiger charge is -2.21. The summed E-state index contributed by atoms with van der Waals surface area (Å²) < 4.78 is 0. The predicted octanol–water partition coefficient (Wildman–Crippen LogP) is 1.60. The molecule has 4 nitrogen and oxygen atoms in total. The first-order valence-corrected chi connectivity index (χ1v) is 6.23. The first-order chi connectivity index (χ1) is 8.36. The minimum atomic E-state index is 0.526. The molecule has 2 fully saturated rings. The first-order valence-electron chi connectivity index (χ1n) is 6.23. The van der Waals surface area contributed by atoms with E-state index in [1.807, 2.05) is 12.1 Å². The summed E-state index contributed by atoms with van der Waals surface area (Å²) in [5.41, 5.74) is 0.615. The second-order valence-corrected chi connectivity index (χ2v) is 4.83. The molecular formula is C13H16N4. The second kappa shape index (κ2) is 4.34. The van der Waals surface area contributed by atoms with Crippen LogP contribution in [0.3, 0.4) is 0 Å². The molecule has 1 aromatic heterocycles. The van der Waals surface area contributed by atoms with Crippen LogP contribution in [0.15, 0.2) is 18.3 Å². The van der Waals surface area contributed by atoms with Crippen LogP contribution in [0, 0.1) is 11.3 Å². The van der Waals surface area contributed by atoms with Crippen LogP contribution in [0.5, 0.6) is 0 Å². The summed E-state index contributed by atoms with van der Waals surface area (Å²) in [7, 11) is 0. The van der Waals surface area contributed by atoms with Crippen molar-refractivity contribution in [2.24, 2.45) is 0 Å². The highest BCUT2D eigenvalue weighted by Gasteiger charge is 2.37. The van der Waals surface area contributed by atoms with Crippen LogP contribution in [0.1, 0.15) is 24.8 Å². The van der Waals surface area contributed by atoms with Crippen molar-refractivity contribution in [3.63, 3.8) is 0 Å². The maximum atomic E-state index is 8.72. The Labute approximate surface area is 101 Å². The van der Waals surface area contributed by atoms with E-state index in [1.165, 1.54) is 32.4 Å². The molecule has 4 heteroatoms. The molecule has 0 radical (unpaired) electrons. The molecule has 2 atom stereocenters. The standard InChI is InChI=1S/C13H16N4/c14-8-10-3-4-13(15-9-10)16-11-5-7-17-6-1-2-12(11)17/h3-4,9,11-12H,1-2,5-7H2,(H,15,16). The second-order valence-electron chi connectivity index (χ2n) is 4.83. The van der Waals surface area contributed by atoms with Crippen molar-refractivity contribution in [3.05, 3.63) is 23.9 Å². The summed E-state index contributed by atoms with van der Waals surface area (Å²) in [6.45, 7) is 2.46. The average molecular weight is 228 g/mol. The molecule has 3 heterocycles. The highest BCUT2D eigenvalue weighted by atomic mass is 15.2. The summed E-state index contributed by atoms with van der Waals surface area (Å²) in [5, 5.41) is 12.2. The maximum absolute atomic E-state index is 8.72. The Morgan fingerprint density at radius 3 is 3.06 bits per heavy atom. The third-order valence-electron chi connectivity index (χ3n) is 3.83. The monoisotopic (exact) mass is 228 g/mol. The van der Waals surface area contributed by atoms with Crippen molar-refractivity contribution in [1.82, 2.24) is 9.88 Å². The van der Waals surface area contributed by atoms with E-state index in [-0.39, 0.29) is 0 Å². The van der Waals surface area contributed by atoms with Crippen molar-refractivity contribution in [2.45, 2.75) is 31.3 Å². The van der Waals surface area contributed by atoms with Crippen LogP contribution in [0.4, 0.5) is 5.82 Å². The van der Waals surface area contributed by atoms with Gasteiger partial charge in [-0.05, 0) is 37.9 Å². The van der Waals surface area contributed by atoms with Gasteiger partial charge in [-0.2, -0.15) is 5.26 Å². The molecule has 2 aliphatic heterocycles. The Balaban J connectivity index is 1.68. The Kier molecular flexibility index (Phi) is 2.69. The van der Waals surface area contributed by atoms with Gasteiger partial charge in [-0.15, -0.1) is 0 Å². The molecule has 88 valence electrons. The zero-order valence-corrected chi connectivity index (χ0v) is 9.76. The molecule has 0 aromatic carbocycles. The number of aromatic nitrogens is 1. The minimum Gasteiger partial charge on any atom is -0.366 e. The highest BCUT2D eigenvalue weighted by molar-refractivity contribution is 5.40. The molecule has 0 saturated carbocycles. The summed E-state index contributed by atoms with van der Waals surface area (Å²) in [5.74, 6) is 0.891. The number of fused-ring (bicyclic) bond motifs is 1. The fraction of sp³-hybridized carbons (Fsp3) is 0.538. The van der Waals surface area contributed by atoms with Crippen molar-refractivity contribution in [2.75, 3.05) is 18.4 Å². The Morgan fingerprint density at radius 2 is 2.29 bits per heavy atom. The Bertz CT molecular complexity index is 434. The van der Waals surface area contributed by atoms with E-state index in [0.29, 0.717) is 17.6 Å². The van der Waals surface area contributed by atoms with Gasteiger partial charge in [0.15, 0.2) is 0 Å². The fourth-order valence-electron chi connectivity index (χ4n) is 2.99. The Morgan fingerprint density at radius 1 is 1.35 bits per heavy atom. The van der Waals surface area contributed by atoms with E-state index in [2.05, 4.69) is 21.3 Å². The molecule has 0 aliphatic carbocycles. The average Bonchev–Trinajstić information content (AvgIpc) is 2.95. The number of nitrogens with one attached hydrogen (secondary N) is 1. The smallest absolute Gasteiger partial charge is 0.126 e. The normalized spacial score (nSPS) is 27.7. The van der Waals surface area contributed by atoms with Crippen LogP contribution in [-0.4, -0.2) is 35.1 Å². The predicted molar refractivity (Wildman–Crippen MR) is 65.6 cm³/mol. The van der Waals surface area contributed by atoms with Gasteiger partial charge in [0, 0.05) is 24.8 Å². The number of nitrogens with zero attached hydrogens (tertiary/aromatic N) is 3. The van der Waals surface area contributed by atoms with Crippen LogP contribution >= 0.6 is 0 Å². The first kappa shape index (κ1) is 10.5. The number of hydrogen-bond acceptors (Lipinski definition) is 4. The molecule has 3 rings (SSSR count). The lowest BCUT2D eigenvalue weighted by Crippen LogP contribution is -2.33. The summed E-state index contributed by atoms with van der Waals surface area (Å²) in [6.07, 6.45) is 5.45. The summed E-state index contributed by atoms with van der Waals surface area (Å²) >= 11 is 0. The molecule has 2 aliphatic rings. The van der Waals surface area contributed by atoms with E-state index in [9.17, 15) is 0 Å². The Hall–Kier alpha value is -1.60. The number of nitriles is 1. The van der Waals surface area contributed by atoms with Crippen molar-refractivity contribution in [3.8, 4) is 6.07 Å². The van der Waals surface area contributed by atoms with Crippen molar-refractivity contribution >= 4 is 5.82 Å². The van der Waals surface area contributed by atoms with Crippen molar-refractivity contribution < 1.29 is 0 Å². The third-order valence-corrected chi connectivity index (χ3v) is 3.83. The van der Waals surface area contributed by atoms with E-state index < -0.39 is 0 Å². The molecule has 1 N–H and O–H groups in total. The topological polar surface area (TPSA) is 52.0 Å². The van der Waals surface area contributed by atoms with E-state index in [0.717, 1.165) is 5.82 Å². The van der Waals surface area contributed by atoms with Gasteiger partial charge in [0.05, 0.1) is 5.56 Å². The van der Waals surface area contributed by atoms with Gasteiger partial charge in [0.2, 0.25) is 0 Å². The number of pyridine rings is 1. The molecule has 0 bridgehead atoms. The lowest BCUT2D eigenvalue weighted by atomic mass is 10.1. The maximum Gasteiger partial charge on any atom is 0.126 e. The highest BCUT2D eigenvalue weighted by Crippen LogP contribution is 2.29. The molecular weight excluding hydrogens is 212 g/mol. The molecule has 2 unspecified atom stereocenters. The van der Waals surface area contributed by atoms with Gasteiger partial charge >= 0.3 is 0 Å². The van der Waals surface area contributed by atoms with Gasteiger partial charge in [-0.3, -0.25) is 4.90 Å². The summed E-state index contributed by atoms with van der Waals surface area (Å²) in [6, 6.07) is 7.01. The van der Waals surface area contributed by atoms with Gasteiger partial charge in [0.25, 0.3) is 0 Å². The summed E-state index contributed by atoms with van der Waals surface area (Å²) in [4.78, 5) is 6.85. The van der Waals surface area contributed by atoms with Gasteiger partial charge < -0.3 is 5.32 Å². The van der Waals surface area contributed by atoms with E-state index in [4.69, 9.17) is 5.26 Å². The largest absolute Gasteiger partial charge is 0.366 e. The molecule has 2 saturated heterocycles. The molecule has 17 heavy (non-hydrogen) atoms. The molecule has 0 spiro atoms. The fourth-order valence-corrected chi connectivity index (χ4v) is 2.99. The van der Waals surface area contributed by atoms with Gasteiger partial charge in [-0.25, -0.2) is 4.98 Å². The van der Waals surface area contributed by atoms with E-state index in [1.54, 1.807) is 6.20 Å². The van der Waals surface area contributed by atoms with E-state index >= 15 is 0 Å². The molecule has 1 aromatic rings. The SMILES string of the molecule is N#Cc1ccc(NC2CCN3CCCC23)nc1.